The standard InChI is InChI=1S/C22H25N3O4/c1-2-29-21(27)10-13-24(16-17-6-4-11-23-15-17)22(28)18-7-3-8-19(14-18)25-12-5-9-20(25)26/h3-4,6-8,11,14-15H,2,5,9-10,12-13,16H2,1H3. The second-order valence-electron chi connectivity index (χ2n) is 6.84. The van der Waals surface area contributed by atoms with Gasteiger partial charge < -0.3 is 14.5 Å². The molecule has 29 heavy (non-hydrogen) atoms. The SMILES string of the molecule is CCOC(=O)CCN(Cc1cccnc1)C(=O)c1cccc(N2CCCC2=O)c1. The third-order valence-corrected chi connectivity index (χ3v) is 4.75. The second-order valence-corrected chi connectivity index (χ2v) is 6.84. The Morgan fingerprint density at radius 2 is 2.10 bits per heavy atom. The van der Waals surface area contributed by atoms with E-state index < -0.39 is 0 Å². The molecule has 2 heterocycles. The zero-order valence-corrected chi connectivity index (χ0v) is 16.5. The summed E-state index contributed by atoms with van der Waals surface area (Å²) in [5.74, 6) is -0.469. The van der Waals surface area contributed by atoms with Crippen molar-refractivity contribution in [3.05, 3.63) is 59.9 Å². The summed E-state index contributed by atoms with van der Waals surface area (Å²) >= 11 is 0. The predicted molar refractivity (Wildman–Crippen MR) is 108 cm³/mol. The Morgan fingerprint density at radius 3 is 2.79 bits per heavy atom. The third kappa shape index (κ3) is 5.40. The Kier molecular flexibility index (Phi) is 6.94. The van der Waals surface area contributed by atoms with Gasteiger partial charge in [-0.25, -0.2) is 0 Å². The lowest BCUT2D eigenvalue weighted by atomic mass is 10.1. The van der Waals surface area contributed by atoms with Crippen LogP contribution < -0.4 is 4.90 Å². The summed E-state index contributed by atoms with van der Waals surface area (Å²) < 4.78 is 4.99. The Labute approximate surface area is 170 Å². The number of carbonyl (C=O) groups excluding carboxylic acids is 3. The summed E-state index contributed by atoms with van der Waals surface area (Å²) in [6.45, 7) is 3.29. The fourth-order valence-corrected chi connectivity index (χ4v) is 3.33. The molecule has 0 unspecified atom stereocenters. The molecule has 1 aromatic carbocycles. The van der Waals surface area contributed by atoms with E-state index in [0.717, 1.165) is 17.7 Å². The molecule has 2 amide bonds. The van der Waals surface area contributed by atoms with Gasteiger partial charge in [0.2, 0.25) is 5.91 Å². The number of aromatic nitrogens is 1. The number of carbonyl (C=O) groups is 3. The van der Waals surface area contributed by atoms with E-state index in [4.69, 9.17) is 4.74 Å². The maximum absolute atomic E-state index is 13.2. The minimum absolute atomic E-state index is 0.0733. The molecule has 0 radical (unpaired) electrons. The van der Waals surface area contributed by atoms with Crippen molar-refractivity contribution in [2.75, 3.05) is 24.6 Å². The highest BCUT2D eigenvalue weighted by Crippen LogP contribution is 2.23. The van der Waals surface area contributed by atoms with Crippen LogP contribution in [0.3, 0.4) is 0 Å². The molecule has 152 valence electrons. The number of nitrogens with zero attached hydrogens (tertiary/aromatic N) is 3. The molecule has 1 fully saturated rings. The molecule has 1 aliphatic heterocycles. The Morgan fingerprint density at radius 1 is 1.24 bits per heavy atom. The topological polar surface area (TPSA) is 79.8 Å². The molecule has 1 aliphatic rings. The van der Waals surface area contributed by atoms with Crippen molar-refractivity contribution in [2.24, 2.45) is 0 Å². The first-order chi connectivity index (χ1) is 14.1. The largest absolute Gasteiger partial charge is 0.466 e. The number of rotatable bonds is 8. The van der Waals surface area contributed by atoms with Gasteiger partial charge in [-0.05, 0) is 43.2 Å². The van der Waals surface area contributed by atoms with Gasteiger partial charge in [-0.15, -0.1) is 0 Å². The highest BCUT2D eigenvalue weighted by molar-refractivity contribution is 5.99. The van der Waals surface area contributed by atoms with Gasteiger partial charge in [0.25, 0.3) is 5.91 Å². The molecule has 0 spiro atoms. The van der Waals surface area contributed by atoms with E-state index in [2.05, 4.69) is 4.98 Å². The first kappa shape index (κ1) is 20.5. The van der Waals surface area contributed by atoms with Crippen LogP contribution in [0.15, 0.2) is 48.8 Å². The second kappa shape index (κ2) is 9.82. The van der Waals surface area contributed by atoms with E-state index in [1.54, 1.807) is 47.3 Å². The van der Waals surface area contributed by atoms with Gasteiger partial charge in [-0.1, -0.05) is 12.1 Å². The summed E-state index contributed by atoms with van der Waals surface area (Å²) in [6, 6.07) is 10.8. The van der Waals surface area contributed by atoms with Gasteiger partial charge >= 0.3 is 5.97 Å². The van der Waals surface area contributed by atoms with Crippen LogP contribution >= 0.6 is 0 Å². The lowest BCUT2D eigenvalue weighted by Crippen LogP contribution is -2.33. The van der Waals surface area contributed by atoms with Crippen LogP contribution in [0.4, 0.5) is 5.69 Å². The minimum Gasteiger partial charge on any atom is -0.466 e. The molecule has 0 atom stereocenters. The fraction of sp³-hybridized carbons (Fsp3) is 0.364. The van der Waals surface area contributed by atoms with E-state index in [1.165, 1.54) is 0 Å². The molecule has 0 N–H and O–H groups in total. The average Bonchev–Trinajstić information content (AvgIpc) is 3.17. The monoisotopic (exact) mass is 395 g/mol. The van der Waals surface area contributed by atoms with Crippen molar-refractivity contribution in [1.82, 2.24) is 9.88 Å². The molecule has 1 aromatic heterocycles. The average molecular weight is 395 g/mol. The molecule has 0 saturated carbocycles. The van der Waals surface area contributed by atoms with Crippen molar-refractivity contribution in [1.29, 1.82) is 0 Å². The maximum Gasteiger partial charge on any atom is 0.307 e. The number of hydrogen-bond acceptors (Lipinski definition) is 5. The van der Waals surface area contributed by atoms with Crippen molar-refractivity contribution < 1.29 is 19.1 Å². The zero-order chi connectivity index (χ0) is 20.6. The van der Waals surface area contributed by atoms with Crippen LogP contribution in [0.1, 0.15) is 42.1 Å². The number of benzene rings is 1. The molecular formula is C22H25N3O4. The number of anilines is 1. The lowest BCUT2D eigenvalue weighted by Gasteiger charge is -2.23. The highest BCUT2D eigenvalue weighted by atomic mass is 16.5. The lowest BCUT2D eigenvalue weighted by molar-refractivity contribution is -0.143. The third-order valence-electron chi connectivity index (χ3n) is 4.75. The van der Waals surface area contributed by atoms with Crippen LogP contribution in [0.2, 0.25) is 0 Å². The molecule has 0 bridgehead atoms. The van der Waals surface area contributed by atoms with Crippen LogP contribution in [0.5, 0.6) is 0 Å². The van der Waals surface area contributed by atoms with E-state index in [-0.39, 0.29) is 30.7 Å². The fourth-order valence-electron chi connectivity index (χ4n) is 3.33. The number of pyridine rings is 1. The molecule has 7 heteroatoms. The van der Waals surface area contributed by atoms with Gasteiger partial charge in [0.05, 0.1) is 13.0 Å². The van der Waals surface area contributed by atoms with E-state index in [1.807, 2.05) is 18.2 Å². The Balaban J connectivity index is 1.79. The number of esters is 1. The van der Waals surface area contributed by atoms with Crippen molar-refractivity contribution in [3.8, 4) is 0 Å². The molecule has 0 aliphatic carbocycles. The quantitative estimate of drug-likeness (QED) is 0.642. The summed E-state index contributed by atoms with van der Waals surface area (Å²) in [5.41, 5.74) is 2.08. The van der Waals surface area contributed by atoms with Crippen molar-refractivity contribution in [2.45, 2.75) is 32.7 Å². The predicted octanol–water partition coefficient (Wildman–Crippen LogP) is 2.80. The maximum atomic E-state index is 13.2. The van der Waals surface area contributed by atoms with E-state index in [9.17, 15) is 14.4 Å². The van der Waals surface area contributed by atoms with E-state index >= 15 is 0 Å². The molecule has 3 rings (SSSR count). The summed E-state index contributed by atoms with van der Waals surface area (Å²) in [6.07, 6.45) is 4.84. The van der Waals surface area contributed by atoms with Gasteiger partial charge in [0, 0.05) is 49.7 Å². The Bertz CT molecular complexity index is 869. The van der Waals surface area contributed by atoms with E-state index in [0.29, 0.717) is 31.7 Å². The van der Waals surface area contributed by atoms with Crippen LogP contribution in [0.25, 0.3) is 0 Å². The van der Waals surface area contributed by atoms with Gasteiger partial charge in [0.15, 0.2) is 0 Å². The number of hydrogen-bond donors (Lipinski definition) is 0. The molecule has 2 aromatic rings. The van der Waals surface area contributed by atoms with Crippen LogP contribution in [0, 0.1) is 0 Å². The van der Waals surface area contributed by atoms with Gasteiger partial charge in [0.1, 0.15) is 0 Å². The summed E-state index contributed by atoms with van der Waals surface area (Å²) in [5, 5.41) is 0. The van der Waals surface area contributed by atoms with Gasteiger partial charge in [-0.3, -0.25) is 19.4 Å². The first-order valence-corrected chi connectivity index (χ1v) is 9.82. The van der Waals surface area contributed by atoms with Gasteiger partial charge in [-0.2, -0.15) is 0 Å². The Hall–Kier alpha value is -3.22. The highest BCUT2D eigenvalue weighted by Gasteiger charge is 2.23. The van der Waals surface area contributed by atoms with Crippen molar-refractivity contribution in [3.63, 3.8) is 0 Å². The van der Waals surface area contributed by atoms with Crippen molar-refractivity contribution >= 4 is 23.5 Å². The number of ether oxygens (including phenoxy) is 1. The molecule has 1 saturated heterocycles. The van der Waals surface area contributed by atoms with Crippen LogP contribution in [-0.2, 0) is 20.9 Å². The van der Waals surface area contributed by atoms with Crippen LogP contribution in [-0.4, -0.2) is 47.4 Å². The molecule has 7 nitrogen and oxygen atoms in total. The summed E-state index contributed by atoms with van der Waals surface area (Å²) in [7, 11) is 0. The molecular weight excluding hydrogens is 370 g/mol. The minimum atomic E-state index is -0.340. The normalized spacial score (nSPS) is 13.4. The zero-order valence-electron chi connectivity index (χ0n) is 16.5. The summed E-state index contributed by atoms with van der Waals surface area (Å²) in [4.78, 5) is 44.5. The smallest absolute Gasteiger partial charge is 0.307 e. The first-order valence-electron chi connectivity index (χ1n) is 9.82. The number of amides is 2.